The number of likely N-dealkylation sites (tertiary alicyclic amines) is 1. The highest BCUT2D eigenvalue weighted by atomic mass is 16.4. The van der Waals surface area contributed by atoms with Gasteiger partial charge in [-0.15, -0.1) is 0 Å². The first-order valence-corrected chi connectivity index (χ1v) is 5.48. The summed E-state index contributed by atoms with van der Waals surface area (Å²) in [5.74, 6) is -0.645. The third-order valence-corrected chi connectivity index (χ3v) is 3.32. The van der Waals surface area contributed by atoms with Gasteiger partial charge in [0.25, 0.3) is 0 Å². The van der Waals surface area contributed by atoms with Crippen LogP contribution in [0.15, 0.2) is 0 Å². The van der Waals surface area contributed by atoms with Crippen LogP contribution in [0.5, 0.6) is 0 Å². The first-order valence-electron chi connectivity index (χ1n) is 5.48. The molecule has 2 heterocycles. The van der Waals surface area contributed by atoms with E-state index in [0.29, 0.717) is 6.04 Å². The third kappa shape index (κ3) is 1.91. The summed E-state index contributed by atoms with van der Waals surface area (Å²) in [6.07, 6.45) is 4.18. The molecular weight excluding hydrogens is 180 g/mol. The third-order valence-electron chi connectivity index (χ3n) is 3.32. The number of carboxylic acid groups (broad SMARTS) is 1. The standard InChI is InChI=1S/C10H18N2O2/c13-10(14)9-4-2-6-12(9)8-3-1-5-11-7-8/h8-9,11H,1-7H2,(H,13,14)/t8?,9-/m0/s1. The lowest BCUT2D eigenvalue weighted by atomic mass is 10.0. The van der Waals surface area contributed by atoms with Gasteiger partial charge in [-0.25, -0.2) is 0 Å². The monoisotopic (exact) mass is 198 g/mol. The molecule has 0 bridgehead atoms. The molecule has 2 saturated heterocycles. The van der Waals surface area contributed by atoms with Crippen molar-refractivity contribution in [2.24, 2.45) is 0 Å². The fraction of sp³-hybridized carbons (Fsp3) is 0.900. The molecule has 0 aromatic carbocycles. The van der Waals surface area contributed by atoms with Gasteiger partial charge in [0.1, 0.15) is 6.04 Å². The fourth-order valence-electron chi connectivity index (χ4n) is 2.61. The smallest absolute Gasteiger partial charge is 0.320 e. The molecule has 0 aromatic heterocycles. The highest BCUT2D eigenvalue weighted by Gasteiger charge is 2.35. The number of piperidine rings is 1. The Bertz CT molecular complexity index is 214. The average Bonchev–Trinajstić information content (AvgIpc) is 2.67. The highest BCUT2D eigenvalue weighted by Crippen LogP contribution is 2.23. The van der Waals surface area contributed by atoms with Crippen LogP contribution < -0.4 is 5.32 Å². The van der Waals surface area contributed by atoms with E-state index in [1.807, 2.05) is 0 Å². The summed E-state index contributed by atoms with van der Waals surface area (Å²) in [4.78, 5) is 13.2. The van der Waals surface area contributed by atoms with E-state index in [4.69, 9.17) is 5.11 Å². The molecule has 2 atom stereocenters. The molecule has 2 fully saturated rings. The minimum atomic E-state index is -0.645. The first kappa shape index (κ1) is 9.93. The Morgan fingerprint density at radius 3 is 2.86 bits per heavy atom. The molecule has 0 amide bonds. The zero-order valence-electron chi connectivity index (χ0n) is 8.41. The summed E-state index contributed by atoms with van der Waals surface area (Å²) < 4.78 is 0. The van der Waals surface area contributed by atoms with Crippen molar-refractivity contribution in [1.29, 1.82) is 0 Å². The molecule has 1 unspecified atom stereocenters. The lowest BCUT2D eigenvalue weighted by Crippen LogP contribution is -2.50. The quantitative estimate of drug-likeness (QED) is 0.669. The molecule has 80 valence electrons. The minimum Gasteiger partial charge on any atom is -0.480 e. The second-order valence-corrected chi connectivity index (χ2v) is 4.23. The average molecular weight is 198 g/mol. The van der Waals surface area contributed by atoms with Crippen molar-refractivity contribution >= 4 is 5.97 Å². The van der Waals surface area contributed by atoms with Crippen LogP contribution in [0.3, 0.4) is 0 Å². The van der Waals surface area contributed by atoms with E-state index in [9.17, 15) is 4.79 Å². The van der Waals surface area contributed by atoms with Crippen molar-refractivity contribution in [3.05, 3.63) is 0 Å². The second kappa shape index (κ2) is 4.28. The molecule has 0 radical (unpaired) electrons. The summed E-state index contributed by atoms with van der Waals surface area (Å²) in [6, 6.07) is 0.229. The van der Waals surface area contributed by atoms with Crippen molar-refractivity contribution in [2.75, 3.05) is 19.6 Å². The molecule has 0 aliphatic carbocycles. The van der Waals surface area contributed by atoms with Crippen molar-refractivity contribution < 1.29 is 9.90 Å². The number of hydrogen-bond acceptors (Lipinski definition) is 3. The molecule has 2 rings (SSSR count). The van der Waals surface area contributed by atoms with Gasteiger partial charge in [0.15, 0.2) is 0 Å². The fourth-order valence-corrected chi connectivity index (χ4v) is 2.61. The van der Waals surface area contributed by atoms with Crippen LogP contribution in [-0.2, 0) is 4.79 Å². The second-order valence-electron chi connectivity index (χ2n) is 4.23. The van der Waals surface area contributed by atoms with Crippen LogP contribution in [0, 0.1) is 0 Å². The van der Waals surface area contributed by atoms with Gasteiger partial charge in [-0.2, -0.15) is 0 Å². The van der Waals surface area contributed by atoms with Gasteiger partial charge < -0.3 is 10.4 Å². The van der Waals surface area contributed by atoms with Gasteiger partial charge in [0, 0.05) is 12.6 Å². The van der Waals surface area contributed by atoms with E-state index in [-0.39, 0.29) is 6.04 Å². The van der Waals surface area contributed by atoms with Crippen LogP contribution in [0.1, 0.15) is 25.7 Å². The Hall–Kier alpha value is -0.610. The molecule has 4 heteroatoms. The van der Waals surface area contributed by atoms with Crippen molar-refractivity contribution in [2.45, 2.75) is 37.8 Å². The molecule has 2 aliphatic rings. The van der Waals surface area contributed by atoms with Crippen molar-refractivity contribution in [1.82, 2.24) is 10.2 Å². The number of carboxylic acids is 1. The van der Waals surface area contributed by atoms with Crippen LogP contribution in [0.4, 0.5) is 0 Å². The predicted molar refractivity (Wildman–Crippen MR) is 53.3 cm³/mol. The SMILES string of the molecule is O=C(O)[C@@H]1CCCN1C1CCCNC1. The molecular formula is C10H18N2O2. The molecule has 2 aliphatic heterocycles. The zero-order chi connectivity index (χ0) is 9.97. The summed E-state index contributed by atoms with van der Waals surface area (Å²) in [5.41, 5.74) is 0. The van der Waals surface area contributed by atoms with Crippen LogP contribution in [0.25, 0.3) is 0 Å². The normalized spacial score (nSPS) is 34.6. The Kier molecular flexibility index (Phi) is 3.03. The van der Waals surface area contributed by atoms with Gasteiger partial charge in [0.2, 0.25) is 0 Å². The van der Waals surface area contributed by atoms with Gasteiger partial charge in [-0.3, -0.25) is 9.69 Å². The Balaban J connectivity index is 1.97. The molecule has 0 saturated carbocycles. The lowest BCUT2D eigenvalue weighted by Gasteiger charge is -2.34. The van der Waals surface area contributed by atoms with Gasteiger partial charge >= 0.3 is 5.97 Å². The first-order chi connectivity index (χ1) is 6.79. The zero-order valence-corrected chi connectivity index (χ0v) is 8.41. The maximum Gasteiger partial charge on any atom is 0.320 e. The number of nitrogens with one attached hydrogen (secondary N) is 1. The topological polar surface area (TPSA) is 52.6 Å². The number of hydrogen-bond donors (Lipinski definition) is 2. The van der Waals surface area contributed by atoms with Gasteiger partial charge in [-0.05, 0) is 38.8 Å². The van der Waals surface area contributed by atoms with Crippen molar-refractivity contribution in [3.8, 4) is 0 Å². The minimum absolute atomic E-state index is 0.222. The van der Waals surface area contributed by atoms with E-state index >= 15 is 0 Å². The Morgan fingerprint density at radius 1 is 1.36 bits per heavy atom. The van der Waals surface area contributed by atoms with Crippen molar-refractivity contribution in [3.63, 3.8) is 0 Å². The van der Waals surface area contributed by atoms with E-state index < -0.39 is 5.97 Å². The van der Waals surface area contributed by atoms with Crippen LogP contribution >= 0.6 is 0 Å². The van der Waals surface area contributed by atoms with Gasteiger partial charge in [-0.1, -0.05) is 0 Å². The molecule has 2 N–H and O–H groups in total. The van der Waals surface area contributed by atoms with E-state index in [0.717, 1.165) is 38.9 Å². The van der Waals surface area contributed by atoms with E-state index in [1.54, 1.807) is 0 Å². The summed E-state index contributed by atoms with van der Waals surface area (Å²) >= 11 is 0. The maximum absolute atomic E-state index is 11.0. The Morgan fingerprint density at radius 2 is 2.21 bits per heavy atom. The van der Waals surface area contributed by atoms with Crippen LogP contribution in [0.2, 0.25) is 0 Å². The summed E-state index contributed by atoms with van der Waals surface area (Å²) in [7, 11) is 0. The van der Waals surface area contributed by atoms with Gasteiger partial charge in [0.05, 0.1) is 0 Å². The number of aliphatic carboxylic acids is 1. The molecule has 14 heavy (non-hydrogen) atoms. The molecule has 0 spiro atoms. The number of carbonyl (C=O) groups is 1. The number of rotatable bonds is 2. The molecule has 0 aromatic rings. The number of nitrogens with zero attached hydrogens (tertiary/aromatic N) is 1. The maximum atomic E-state index is 11.0. The summed E-state index contributed by atoms with van der Waals surface area (Å²) in [6.45, 7) is 3.01. The summed E-state index contributed by atoms with van der Waals surface area (Å²) in [5, 5.41) is 12.4. The highest BCUT2D eigenvalue weighted by molar-refractivity contribution is 5.73. The largest absolute Gasteiger partial charge is 0.480 e. The predicted octanol–water partition coefficient (Wildman–Crippen LogP) is 0.287. The van der Waals surface area contributed by atoms with Crippen LogP contribution in [-0.4, -0.2) is 47.7 Å². The Labute approximate surface area is 84.3 Å². The molecule has 4 nitrogen and oxygen atoms in total. The van der Waals surface area contributed by atoms with E-state index in [1.165, 1.54) is 6.42 Å². The van der Waals surface area contributed by atoms with E-state index in [2.05, 4.69) is 10.2 Å². The lowest BCUT2D eigenvalue weighted by molar-refractivity contribution is -0.143.